The molecule has 0 N–H and O–H groups in total. The van der Waals surface area contributed by atoms with E-state index in [1.807, 2.05) is 24.3 Å². The Hall–Kier alpha value is -3.31. The van der Waals surface area contributed by atoms with Crippen molar-refractivity contribution in [2.45, 2.75) is 6.18 Å². The molecule has 1 aromatic heterocycles. The van der Waals surface area contributed by atoms with Crippen LogP contribution in [0.2, 0.25) is 0 Å². The van der Waals surface area contributed by atoms with E-state index >= 15 is 0 Å². The maximum Gasteiger partial charge on any atom is 0.416 e. The molecule has 0 unspecified atom stereocenters. The molecule has 0 aliphatic rings. The maximum atomic E-state index is 12.7. The lowest BCUT2D eigenvalue weighted by molar-refractivity contribution is -0.137. The summed E-state index contributed by atoms with van der Waals surface area (Å²) < 4.78 is 46.5. The molecule has 5 heteroatoms. The molecule has 30 heavy (non-hydrogen) atoms. The standard InChI is InChI=1S/C25H16F3OS/c26-25(27,28)17-9-11-18(12-10-17)29-19-13-15-20(16-14-19)30-23-7-3-1-5-21(23)22-6-2-4-8-24(22)30/h1-16H/q+1. The summed E-state index contributed by atoms with van der Waals surface area (Å²) in [4.78, 5) is 1.17. The van der Waals surface area contributed by atoms with E-state index in [2.05, 4.69) is 48.5 Å². The first kappa shape index (κ1) is 18.7. The van der Waals surface area contributed by atoms with Crippen LogP contribution in [-0.4, -0.2) is 0 Å². The van der Waals surface area contributed by atoms with E-state index in [0.29, 0.717) is 11.5 Å². The van der Waals surface area contributed by atoms with E-state index in [4.69, 9.17) is 4.74 Å². The highest BCUT2D eigenvalue weighted by atomic mass is 32.2. The number of ether oxygens (including phenoxy) is 1. The zero-order valence-corrected chi connectivity index (χ0v) is 16.5. The molecule has 0 spiro atoms. The third kappa shape index (κ3) is 3.31. The minimum atomic E-state index is -4.35. The summed E-state index contributed by atoms with van der Waals surface area (Å²) in [5.41, 5.74) is -0.690. The number of benzene rings is 4. The Bertz CT molecular complexity index is 1280. The summed E-state index contributed by atoms with van der Waals surface area (Å²) in [6, 6.07) is 29.4. The van der Waals surface area contributed by atoms with E-state index in [1.54, 1.807) is 0 Å². The third-order valence-corrected chi connectivity index (χ3v) is 7.32. The normalized spacial score (nSPS) is 11.8. The highest BCUT2D eigenvalue weighted by Gasteiger charge is 2.30. The quantitative estimate of drug-likeness (QED) is 0.265. The van der Waals surface area contributed by atoms with Gasteiger partial charge in [0.1, 0.15) is 11.5 Å². The zero-order valence-electron chi connectivity index (χ0n) is 15.7. The van der Waals surface area contributed by atoms with Crippen LogP contribution in [-0.2, 0) is 6.18 Å². The van der Waals surface area contributed by atoms with Gasteiger partial charge >= 0.3 is 6.18 Å². The second kappa shape index (κ2) is 7.18. The van der Waals surface area contributed by atoms with Gasteiger partial charge < -0.3 is 4.74 Å². The first-order chi connectivity index (χ1) is 14.5. The Labute approximate surface area is 173 Å². The lowest BCUT2D eigenvalue weighted by atomic mass is 10.2. The molecule has 0 bridgehead atoms. The predicted octanol–water partition coefficient (Wildman–Crippen LogP) is 8.54. The van der Waals surface area contributed by atoms with Crippen molar-refractivity contribution in [3.05, 3.63) is 103 Å². The molecular formula is C25H16F3OS+. The number of hydrogen-bond donors (Lipinski definition) is 0. The topological polar surface area (TPSA) is 9.23 Å². The van der Waals surface area contributed by atoms with Crippen molar-refractivity contribution in [1.82, 2.24) is 0 Å². The van der Waals surface area contributed by atoms with Gasteiger partial charge in [0.15, 0.2) is 14.3 Å². The summed E-state index contributed by atoms with van der Waals surface area (Å²) in [6.45, 7) is 0. The fraction of sp³-hybridized carbons (Fsp3) is 0.0400. The Balaban J connectivity index is 1.48. The number of hydrogen-bond acceptors (Lipinski definition) is 1. The molecule has 0 radical (unpaired) electrons. The van der Waals surface area contributed by atoms with Gasteiger partial charge in [-0.25, -0.2) is 0 Å². The van der Waals surface area contributed by atoms with Gasteiger partial charge in [-0.1, -0.05) is 24.3 Å². The average molecular weight is 421 g/mol. The Kier molecular flexibility index (Phi) is 4.48. The summed E-state index contributed by atoms with van der Waals surface area (Å²) in [5.74, 6) is 0.956. The lowest BCUT2D eigenvalue weighted by Gasteiger charge is -2.09. The van der Waals surface area contributed by atoms with Gasteiger partial charge in [-0.2, -0.15) is 13.2 Å². The van der Waals surface area contributed by atoms with Gasteiger partial charge in [-0.3, -0.25) is 0 Å². The van der Waals surface area contributed by atoms with Crippen molar-refractivity contribution in [1.29, 1.82) is 0 Å². The highest BCUT2D eigenvalue weighted by molar-refractivity contribution is 7.50. The van der Waals surface area contributed by atoms with Crippen molar-refractivity contribution < 1.29 is 17.9 Å². The third-order valence-electron chi connectivity index (χ3n) is 4.98. The largest absolute Gasteiger partial charge is 0.457 e. The lowest BCUT2D eigenvalue weighted by Crippen LogP contribution is -2.03. The molecular weight excluding hydrogens is 405 g/mol. The van der Waals surface area contributed by atoms with Crippen LogP contribution in [0.4, 0.5) is 13.2 Å². The number of halogens is 3. The van der Waals surface area contributed by atoms with Gasteiger partial charge in [0.05, 0.1) is 5.56 Å². The molecule has 5 rings (SSSR count). The SMILES string of the molecule is FC(F)(F)c1ccc(Oc2ccc(-[s+]3c4ccccc4c4ccccc43)cc2)cc1. The molecule has 1 heterocycles. The van der Waals surface area contributed by atoms with Crippen LogP contribution in [0.3, 0.4) is 0 Å². The fourth-order valence-corrected chi connectivity index (χ4v) is 5.98. The molecule has 4 aromatic carbocycles. The van der Waals surface area contributed by atoms with Gasteiger partial charge in [-0.05, 0) is 60.7 Å². The van der Waals surface area contributed by atoms with Crippen LogP contribution in [0.15, 0.2) is 97.1 Å². The number of rotatable bonds is 3. The average Bonchev–Trinajstić information content (AvgIpc) is 3.09. The van der Waals surface area contributed by atoms with Crippen LogP contribution in [0.1, 0.15) is 5.56 Å². The molecule has 0 fully saturated rings. The second-order valence-corrected chi connectivity index (χ2v) is 8.86. The summed E-state index contributed by atoms with van der Waals surface area (Å²) in [7, 11) is -0.189. The minimum Gasteiger partial charge on any atom is -0.457 e. The Morgan fingerprint density at radius 1 is 0.567 bits per heavy atom. The van der Waals surface area contributed by atoms with Gasteiger partial charge in [0.25, 0.3) is 0 Å². The molecule has 0 amide bonds. The van der Waals surface area contributed by atoms with Crippen LogP contribution in [0.5, 0.6) is 11.5 Å². The molecule has 0 atom stereocenters. The Morgan fingerprint density at radius 2 is 1.03 bits per heavy atom. The minimum absolute atomic E-state index is 0.189. The van der Waals surface area contributed by atoms with Gasteiger partial charge in [0, 0.05) is 33.4 Å². The number of thiophene rings is 1. The molecule has 0 saturated carbocycles. The maximum absolute atomic E-state index is 12.7. The first-order valence-electron chi connectivity index (χ1n) is 9.39. The van der Waals surface area contributed by atoms with Crippen LogP contribution < -0.4 is 4.74 Å². The van der Waals surface area contributed by atoms with E-state index in [1.165, 1.54) is 37.2 Å². The monoisotopic (exact) mass is 421 g/mol. The predicted molar refractivity (Wildman–Crippen MR) is 117 cm³/mol. The second-order valence-electron chi connectivity index (χ2n) is 6.89. The fourth-order valence-electron chi connectivity index (χ4n) is 3.60. The highest BCUT2D eigenvalue weighted by Crippen LogP contribution is 2.48. The zero-order chi connectivity index (χ0) is 20.7. The smallest absolute Gasteiger partial charge is 0.416 e. The van der Waals surface area contributed by atoms with Crippen molar-refractivity contribution in [3.8, 4) is 16.4 Å². The molecule has 0 aliphatic heterocycles. The van der Waals surface area contributed by atoms with Crippen LogP contribution in [0, 0.1) is 0 Å². The first-order valence-corrected chi connectivity index (χ1v) is 10.6. The molecule has 148 valence electrons. The van der Waals surface area contributed by atoms with E-state index < -0.39 is 11.7 Å². The number of fused-ring (bicyclic) bond motifs is 3. The molecule has 1 nitrogen and oxygen atoms in total. The van der Waals surface area contributed by atoms with Crippen molar-refractivity contribution in [2.75, 3.05) is 0 Å². The van der Waals surface area contributed by atoms with Crippen molar-refractivity contribution in [2.24, 2.45) is 0 Å². The summed E-state index contributed by atoms with van der Waals surface area (Å²) in [6.07, 6.45) is -4.35. The molecule has 0 aliphatic carbocycles. The number of alkyl halides is 3. The summed E-state index contributed by atoms with van der Waals surface area (Å²) in [5, 5.41) is 2.53. The summed E-state index contributed by atoms with van der Waals surface area (Å²) >= 11 is 0. The van der Waals surface area contributed by atoms with Crippen molar-refractivity contribution in [3.63, 3.8) is 0 Å². The van der Waals surface area contributed by atoms with Crippen molar-refractivity contribution >= 4 is 30.6 Å². The van der Waals surface area contributed by atoms with Crippen LogP contribution in [0.25, 0.3) is 25.1 Å². The molecule has 5 aromatic rings. The molecule has 0 saturated heterocycles. The van der Waals surface area contributed by atoms with Crippen LogP contribution >= 0.6 is 10.5 Å². The Morgan fingerprint density at radius 3 is 1.53 bits per heavy atom. The van der Waals surface area contributed by atoms with Gasteiger partial charge in [-0.15, -0.1) is 0 Å². The van der Waals surface area contributed by atoms with E-state index in [0.717, 1.165) is 12.1 Å². The van der Waals surface area contributed by atoms with E-state index in [9.17, 15) is 13.2 Å². The van der Waals surface area contributed by atoms with Gasteiger partial charge in [0.2, 0.25) is 0 Å². The van der Waals surface area contributed by atoms with E-state index in [-0.39, 0.29) is 10.5 Å².